The van der Waals surface area contributed by atoms with Crippen LogP contribution < -0.4 is 11.4 Å². The molecule has 4 N–H and O–H groups in total. The monoisotopic (exact) mass is 275 g/mol. The van der Waals surface area contributed by atoms with Gasteiger partial charge in [0.2, 0.25) is 0 Å². The summed E-state index contributed by atoms with van der Waals surface area (Å²) in [4.78, 5) is 11.3. The number of nitrogens with two attached hydrogens (primary N) is 1. The molecule has 9 heteroatoms. The minimum absolute atomic E-state index is 0.0326. The Kier molecular flexibility index (Phi) is 5.72. The Morgan fingerprint density at radius 2 is 2.50 bits per heavy atom. The van der Waals surface area contributed by atoms with Gasteiger partial charge in [0, 0.05) is 12.3 Å². The molecule has 0 aliphatic heterocycles. The molecule has 18 heavy (non-hydrogen) atoms. The summed E-state index contributed by atoms with van der Waals surface area (Å²) in [6.45, 7) is 4.54. The first-order chi connectivity index (χ1) is 8.60. The van der Waals surface area contributed by atoms with Crippen molar-refractivity contribution in [3.05, 3.63) is 10.5 Å². The molecule has 8 nitrogen and oxygen atoms in total. The number of hydrogen-bond donors (Lipinski definition) is 3. The molecule has 1 unspecified atom stereocenters. The topological polar surface area (TPSA) is 119 Å². The van der Waals surface area contributed by atoms with Crippen LogP contribution in [0.15, 0.2) is 15.1 Å². The van der Waals surface area contributed by atoms with Crippen LogP contribution in [0.25, 0.3) is 0 Å². The summed E-state index contributed by atoms with van der Waals surface area (Å²) in [6, 6.07) is 0. The number of thioether (sulfide) groups is 1. The van der Waals surface area contributed by atoms with Crippen LogP contribution in [0.2, 0.25) is 0 Å². The second-order valence-corrected chi connectivity index (χ2v) is 4.50. The Hall–Kier alpha value is -1.48. The normalized spacial score (nSPS) is 13.8. The van der Waals surface area contributed by atoms with Gasteiger partial charge in [-0.15, -0.1) is 5.10 Å². The minimum Gasteiger partial charge on any atom is -0.409 e. The van der Waals surface area contributed by atoms with Crippen molar-refractivity contribution in [1.29, 1.82) is 0 Å². The number of aromatic nitrogens is 3. The molecule has 1 aromatic heterocycles. The zero-order chi connectivity index (χ0) is 13.5. The van der Waals surface area contributed by atoms with Crippen molar-refractivity contribution < 1.29 is 9.94 Å². The molecule has 0 saturated heterocycles. The maximum atomic E-state index is 11.3. The Labute approximate surface area is 108 Å². The Bertz CT molecular complexity index is 455. The summed E-state index contributed by atoms with van der Waals surface area (Å²) in [5, 5.41) is 18.2. The number of amidine groups is 1. The van der Waals surface area contributed by atoms with Gasteiger partial charge in [0.15, 0.2) is 11.0 Å². The van der Waals surface area contributed by atoms with Crippen LogP contribution in [-0.2, 0) is 11.3 Å². The zero-order valence-corrected chi connectivity index (χ0v) is 11.1. The lowest BCUT2D eigenvalue weighted by molar-refractivity contribution is 0.120. The summed E-state index contributed by atoms with van der Waals surface area (Å²) in [6.07, 6.45) is -0.442. The van der Waals surface area contributed by atoms with Crippen molar-refractivity contribution in [3.8, 4) is 0 Å². The Balaban J connectivity index is 2.36. The summed E-state index contributed by atoms with van der Waals surface area (Å²) in [5.74, 6) is 0.651. The van der Waals surface area contributed by atoms with Crippen molar-refractivity contribution in [2.75, 3.05) is 12.4 Å². The van der Waals surface area contributed by atoms with E-state index in [-0.39, 0.29) is 11.5 Å². The molecule has 0 aliphatic rings. The van der Waals surface area contributed by atoms with Crippen LogP contribution in [0, 0.1) is 0 Å². The molecule has 102 valence electrons. The molecule has 0 radical (unpaired) electrons. The van der Waals surface area contributed by atoms with Crippen molar-refractivity contribution in [2.45, 2.75) is 31.7 Å². The Morgan fingerprint density at radius 1 is 1.78 bits per heavy atom. The number of rotatable bonds is 7. The first-order valence-corrected chi connectivity index (χ1v) is 6.45. The molecule has 0 aromatic carbocycles. The number of ether oxygens (including phenoxy) is 1. The van der Waals surface area contributed by atoms with Crippen LogP contribution in [0.5, 0.6) is 0 Å². The molecular weight excluding hydrogens is 258 g/mol. The van der Waals surface area contributed by atoms with Gasteiger partial charge in [0.1, 0.15) is 6.10 Å². The minimum atomic E-state index is -0.442. The van der Waals surface area contributed by atoms with Crippen molar-refractivity contribution in [1.82, 2.24) is 14.8 Å². The number of hydrogen-bond acceptors (Lipinski definition) is 6. The lowest BCUT2D eigenvalue weighted by Gasteiger charge is -2.10. The maximum Gasteiger partial charge on any atom is 0.343 e. The first-order valence-electron chi connectivity index (χ1n) is 5.47. The Morgan fingerprint density at radius 3 is 3.11 bits per heavy atom. The highest BCUT2D eigenvalue weighted by atomic mass is 32.2. The summed E-state index contributed by atoms with van der Waals surface area (Å²) < 4.78 is 6.87. The highest BCUT2D eigenvalue weighted by Crippen LogP contribution is 2.12. The lowest BCUT2D eigenvalue weighted by atomic mass is 10.4. The lowest BCUT2D eigenvalue weighted by Crippen LogP contribution is -2.29. The number of nitrogens with one attached hydrogen (secondary N) is 1. The van der Waals surface area contributed by atoms with Crippen LogP contribution in [0.3, 0.4) is 0 Å². The van der Waals surface area contributed by atoms with Gasteiger partial charge < -0.3 is 15.7 Å². The predicted octanol–water partition coefficient (Wildman–Crippen LogP) is -0.165. The third-order valence-electron chi connectivity index (χ3n) is 2.25. The van der Waals surface area contributed by atoms with E-state index in [4.69, 9.17) is 15.7 Å². The largest absolute Gasteiger partial charge is 0.409 e. The fraction of sp³-hybridized carbons (Fsp3) is 0.667. The quantitative estimate of drug-likeness (QED) is 0.159. The SMILES string of the molecule is CCn1c(SCCOC(C)C(N)=NO)n[nH]c1=O. The van der Waals surface area contributed by atoms with E-state index in [0.717, 1.165) is 0 Å². The van der Waals surface area contributed by atoms with E-state index in [9.17, 15) is 4.79 Å². The predicted molar refractivity (Wildman–Crippen MR) is 68.1 cm³/mol. The first kappa shape index (κ1) is 14.6. The maximum absolute atomic E-state index is 11.3. The van der Waals surface area contributed by atoms with Crippen LogP contribution >= 0.6 is 11.8 Å². The highest BCUT2D eigenvalue weighted by Gasteiger charge is 2.09. The standard InChI is InChI=1S/C9H17N5O3S/c1-3-14-8(15)11-12-9(14)18-5-4-17-6(2)7(10)13-16/h6,16H,3-5H2,1-2H3,(H2,10,13)(H,11,15). The molecule has 0 amide bonds. The van der Waals surface area contributed by atoms with Gasteiger partial charge in [0.05, 0.1) is 6.61 Å². The summed E-state index contributed by atoms with van der Waals surface area (Å²) >= 11 is 1.41. The average molecular weight is 275 g/mol. The number of aromatic amines is 1. The average Bonchev–Trinajstić information content (AvgIpc) is 2.73. The number of nitrogens with zero attached hydrogens (tertiary/aromatic N) is 3. The molecular formula is C9H17N5O3S. The van der Waals surface area contributed by atoms with E-state index >= 15 is 0 Å². The highest BCUT2D eigenvalue weighted by molar-refractivity contribution is 7.99. The molecule has 0 aliphatic carbocycles. The molecule has 1 heterocycles. The summed E-state index contributed by atoms with van der Waals surface area (Å²) in [7, 11) is 0. The molecule has 0 fully saturated rings. The van der Waals surface area contributed by atoms with E-state index in [1.165, 1.54) is 16.3 Å². The van der Waals surface area contributed by atoms with Gasteiger partial charge in [-0.1, -0.05) is 16.9 Å². The second-order valence-electron chi connectivity index (χ2n) is 3.44. The van der Waals surface area contributed by atoms with Crippen molar-refractivity contribution in [2.24, 2.45) is 10.9 Å². The fourth-order valence-electron chi connectivity index (χ4n) is 1.22. The van der Waals surface area contributed by atoms with Crippen LogP contribution in [-0.4, -0.2) is 44.3 Å². The van der Waals surface area contributed by atoms with Gasteiger partial charge in [0.25, 0.3) is 0 Å². The van der Waals surface area contributed by atoms with Gasteiger partial charge >= 0.3 is 5.69 Å². The molecule has 1 atom stereocenters. The van der Waals surface area contributed by atoms with Gasteiger partial charge in [-0.25, -0.2) is 9.89 Å². The number of oxime groups is 1. The number of H-pyrrole nitrogens is 1. The van der Waals surface area contributed by atoms with Gasteiger partial charge in [-0.05, 0) is 13.8 Å². The van der Waals surface area contributed by atoms with E-state index in [2.05, 4.69) is 15.4 Å². The summed E-state index contributed by atoms with van der Waals surface area (Å²) in [5.41, 5.74) is 5.15. The molecule has 0 spiro atoms. The zero-order valence-electron chi connectivity index (χ0n) is 10.3. The van der Waals surface area contributed by atoms with E-state index in [1.54, 1.807) is 6.92 Å². The third-order valence-corrected chi connectivity index (χ3v) is 3.19. The van der Waals surface area contributed by atoms with Crippen LogP contribution in [0.4, 0.5) is 0 Å². The third kappa shape index (κ3) is 3.77. The van der Waals surface area contributed by atoms with Crippen molar-refractivity contribution >= 4 is 17.6 Å². The van der Waals surface area contributed by atoms with Gasteiger partial charge in [-0.2, -0.15) is 0 Å². The van der Waals surface area contributed by atoms with Crippen molar-refractivity contribution in [3.63, 3.8) is 0 Å². The molecule has 0 bridgehead atoms. The van der Waals surface area contributed by atoms with E-state index in [1.807, 2.05) is 6.92 Å². The fourth-order valence-corrected chi connectivity index (χ4v) is 2.06. The molecule has 1 aromatic rings. The van der Waals surface area contributed by atoms with E-state index < -0.39 is 6.10 Å². The smallest absolute Gasteiger partial charge is 0.343 e. The molecule has 0 saturated carbocycles. The molecule has 1 rings (SSSR count). The van der Waals surface area contributed by atoms with E-state index in [0.29, 0.717) is 24.1 Å². The van der Waals surface area contributed by atoms with Crippen LogP contribution in [0.1, 0.15) is 13.8 Å². The second kappa shape index (κ2) is 7.07. The van der Waals surface area contributed by atoms with Gasteiger partial charge in [-0.3, -0.25) is 4.57 Å².